The summed E-state index contributed by atoms with van der Waals surface area (Å²) in [5.74, 6) is 0.355. The Labute approximate surface area is 102 Å². The number of hydrogen-bond acceptors (Lipinski definition) is 1. The molecule has 0 saturated heterocycles. The van der Waals surface area contributed by atoms with E-state index in [-0.39, 0.29) is 11.7 Å². The Kier molecular flexibility index (Phi) is 3.34. The second-order valence-corrected chi connectivity index (χ2v) is 5.02. The highest BCUT2D eigenvalue weighted by Crippen LogP contribution is 2.34. The maximum atomic E-state index is 11.8. The first-order valence-electron chi connectivity index (χ1n) is 5.99. The third kappa shape index (κ3) is 1.89. The molecule has 0 saturated carbocycles. The van der Waals surface area contributed by atoms with E-state index in [0.717, 1.165) is 35.4 Å². The third-order valence-electron chi connectivity index (χ3n) is 3.35. The average molecular weight is 237 g/mol. The summed E-state index contributed by atoms with van der Waals surface area (Å²) in [7, 11) is 0. The van der Waals surface area contributed by atoms with Crippen molar-refractivity contribution in [3.8, 4) is 0 Å². The van der Waals surface area contributed by atoms with Gasteiger partial charge in [-0.05, 0) is 30.4 Å². The van der Waals surface area contributed by atoms with Gasteiger partial charge in [0.2, 0.25) is 0 Å². The molecule has 1 aromatic carbocycles. The van der Waals surface area contributed by atoms with Crippen LogP contribution in [-0.4, -0.2) is 5.78 Å². The Bertz CT molecular complexity index is 423. The zero-order chi connectivity index (χ0) is 11.7. The minimum absolute atomic E-state index is 0.105. The lowest BCUT2D eigenvalue weighted by molar-refractivity contribution is 0.0946. The van der Waals surface area contributed by atoms with Crippen molar-refractivity contribution < 1.29 is 4.79 Å². The predicted octanol–water partition coefficient (Wildman–Crippen LogP) is 4.06. The number of halogens is 1. The van der Waals surface area contributed by atoms with Crippen LogP contribution in [0.1, 0.15) is 48.2 Å². The number of rotatable bonds is 3. The van der Waals surface area contributed by atoms with E-state index in [0.29, 0.717) is 0 Å². The summed E-state index contributed by atoms with van der Waals surface area (Å²) in [4.78, 5) is 11.8. The Hall–Kier alpha value is -0.820. The lowest BCUT2D eigenvalue weighted by Crippen LogP contribution is -2.02. The number of Topliss-reactive ketones (excluding diaryl/α,β-unsaturated/α-hetero) is 1. The second kappa shape index (κ2) is 4.58. The summed E-state index contributed by atoms with van der Waals surface area (Å²) in [6.07, 6.45) is 4.16. The van der Waals surface area contributed by atoms with Gasteiger partial charge >= 0.3 is 0 Å². The Morgan fingerprint density at radius 2 is 2.19 bits per heavy atom. The minimum Gasteiger partial charge on any atom is -0.294 e. The molecular formula is C14H17ClO. The van der Waals surface area contributed by atoms with Gasteiger partial charge in [-0.1, -0.05) is 44.0 Å². The van der Waals surface area contributed by atoms with Crippen molar-refractivity contribution in [2.45, 2.75) is 39.5 Å². The lowest BCUT2D eigenvalue weighted by atomic mass is 10.0. The van der Waals surface area contributed by atoms with E-state index >= 15 is 0 Å². The van der Waals surface area contributed by atoms with Gasteiger partial charge in [-0.15, -0.1) is 0 Å². The number of unbranched alkanes of at least 4 members (excludes halogenated alkanes) is 1. The maximum Gasteiger partial charge on any atom is 0.166 e. The van der Waals surface area contributed by atoms with Crippen LogP contribution in [0.15, 0.2) is 12.1 Å². The summed E-state index contributed by atoms with van der Waals surface area (Å²) < 4.78 is 0. The number of carbonyl (C=O) groups excluding carboxylic acids is 1. The third-order valence-corrected chi connectivity index (χ3v) is 3.82. The molecular weight excluding hydrogens is 220 g/mol. The van der Waals surface area contributed by atoms with E-state index in [1.54, 1.807) is 0 Å². The van der Waals surface area contributed by atoms with Crippen molar-refractivity contribution in [3.05, 3.63) is 33.8 Å². The number of aryl methyl sites for hydroxylation is 1. The Morgan fingerprint density at radius 1 is 1.44 bits per heavy atom. The predicted molar refractivity (Wildman–Crippen MR) is 67.3 cm³/mol. The highest BCUT2D eigenvalue weighted by atomic mass is 35.5. The van der Waals surface area contributed by atoms with Crippen LogP contribution in [0.3, 0.4) is 0 Å². The van der Waals surface area contributed by atoms with E-state index in [4.69, 9.17) is 11.6 Å². The minimum atomic E-state index is 0.105. The molecule has 1 aromatic rings. The summed E-state index contributed by atoms with van der Waals surface area (Å²) in [6.45, 7) is 4.15. The van der Waals surface area contributed by atoms with Crippen LogP contribution < -0.4 is 0 Å². The molecule has 86 valence electrons. The van der Waals surface area contributed by atoms with Crippen molar-refractivity contribution in [3.63, 3.8) is 0 Å². The highest BCUT2D eigenvalue weighted by molar-refractivity contribution is 6.33. The molecule has 0 N–H and O–H groups in total. The van der Waals surface area contributed by atoms with E-state index in [2.05, 4.69) is 6.92 Å². The van der Waals surface area contributed by atoms with Gasteiger partial charge in [0, 0.05) is 16.5 Å². The average Bonchev–Trinajstić information content (AvgIpc) is 2.56. The van der Waals surface area contributed by atoms with Crippen LogP contribution in [0.2, 0.25) is 5.02 Å². The van der Waals surface area contributed by atoms with Crippen LogP contribution >= 0.6 is 11.6 Å². The van der Waals surface area contributed by atoms with Gasteiger partial charge in [0.15, 0.2) is 5.78 Å². The lowest BCUT2D eigenvalue weighted by Gasteiger charge is -2.07. The molecule has 0 amide bonds. The van der Waals surface area contributed by atoms with E-state index in [1.807, 2.05) is 19.1 Å². The molecule has 0 spiro atoms. The first-order valence-corrected chi connectivity index (χ1v) is 6.37. The fourth-order valence-corrected chi connectivity index (χ4v) is 2.66. The molecule has 0 fully saturated rings. The summed E-state index contributed by atoms with van der Waals surface area (Å²) in [5.41, 5.74) is 3.12. The smallest absolute Gasteiger partial charge is 0.166 e. The summed E-state index contributed by atoms with van der Waals surface area (Å²) in [5, 5.41) is 0.837. The van der Waals surface area contributed by atoms with E-state index in [9.17, 15) is 4.79 Å². The molecule has 2 heteroatoms. The van der Waals surface area contributed by atoms with Gasteiger partial charge in [0.1, 0.15) is 0 Å². The van der Waals surface area contributed by atoms with E-state index < -0.39 is 0 Å². The van der Waals surface area contributed by atoms with Gasteiger partial charge in [0.25, 0.3) is 0 Å². The second-order valence-electron chi connectivity index (χ2n) is 4.64. The first-order chi connectivity index (χ1) is 7.65. The molecule has 1 unspecified atom stereocenters. The molecule has 1 atom stereocenters. The van der Waals surface area contributed by atoms with Crippen molar-refractivity contribution in [2.24, 2.45) is 5.92 Å². The molecule has 0 aliphatic heterocycles. The van der Waals surface area contributed by atoms with E-state index in [1.165, 1.54) is 12.0 Å². The van der Waals surface area contributed by atoms with Gasteiger partial charge in [-0.3, -0.25) is 4.79 Å². The largest absolute Gasteiger partial charge is 0.294 e. The van der Waals surface area contributed by atoms with Crippen LogP contribution in [0.4, 0.5) is 0 Å². The maximum absolute atomic E-state index is 11.8. The van der Waals surface area contributed by atoms with Crippen molar-refractivity contribution in [2.75, 3.05) is 0 Å². The number of benzene rings is 1. The Morgan fingerprint density at radius 3 is 2.88 bits per heavy atom. The monoisotopic (exact) mass is 236 g/mol. The summed E-state index contributed by atoms with van der Waals surface area (Å²) >= 11 is 6.37. The van der Waals surface area contributed by atoms with Crippen molar-refractivity contribution >= 4 is 17.4 Å². The highest BCUT2D eigenvalue weighted by Gasteiger charge is 2.29. The normalized spacial score (nSPS) is 18.9. The van der Waals surface area contributed by atoms with Crippen molar-refractivity contribution in [1.82, 2.24) is 0 Å². The quantitative estimate of drug-likeness (QED) is 0.774. The molecule has 1 aliphatic rings. The molecule has 0 aromatic heterocycles. The molecule has 0 heterocycles. The SMILES string of the molecule is CCCCc1ccc2c(c1Cl)CC(C)C2=O. The van der Waals surface area contributed by atoms with Crippen molar-refractivity contribution in [1.29, 1.82) is 0 Å². The van der Waals surface area contributed by atoms with Gasteiger partial charge in [-0.2, -0.15) is 0 Å². The zero-order valence-electron chi connectivity index (χ0n) is 9.85. The Balaban J connectivity index is 2.35. The number of hydrogen-bond donors (Lipinski definition) is 0. The number of fused-ring (bicyclic) bond motifs is 1. The fourth-order valence-electron chi connectivity index (χ4n) is 2.32. The topological polar surface area (TPSA) is 17.1 Å². The standard InChI is InChI=1S/C14H17ClO/c1-3-4-5-10-6-7-11-12(13(10)15)8-9(2)14(11)16/h6-7,9H,3-5,8H2,1-2H3. The summed E-state index contributed by atoms with van der Waals surface area (Å²) in [6, 6.07) is 3.98. The molecule has 1 nitrogen and oxygen atoms in total. The molecule has 0 radical (unpaired) electrons. The molecule has 16 heavy (non-hydrogen) atoms. The van der Waals surface area contributed by atoms with Crippen LogP contribution in [0.5, 0.6) is 0 Å². The zero-order valence-corrected chi connectivity index (χ0v) is 10.6. The fraction of sp³-hybridized carbons (Fsp3) is 0.500. The van der Waals surface area contributed by atoms with Gasteiger partial charge < -0.3 is 0 Å². The van der Waals surface area contributed by atoms with Gasteiger partial charge in [-0.25, -0.2) is 0 Å². The molecule has 2 rings (SSSR count). The van der Waals surface area contributed by atoms with Crippen LogP contribution in [-0.2, 0) is 12.8 Å². The van der Waals surface area contributed by atoms with Crippen LogP contribution in [0.25, 0.3) is 0 Å². The molecule has 1 aliphatic carbocycles. The number of ketones is 1. The number of carbonyl (C=O) groups is 1. The molecule has 0 bridgehead atoms. The van der Waals surface area contributed by atoms with Gasteiger partial charge in [0.05, 0.1) is 0 Å². The first kappa shape index (κ1) is 11.7. The van der Waals surface area contributed by atoms with Crippen LogP contribution in [0, 0.1) is 5.92 Å².